The molecule has 0 atom stereocenters. The Morgan fingerprint density at radius 3 is 2.39 bits per heavy atom. The van der Waals surface area contributed by atoms with Gasteiger partial charge in [-0.15, -0.1) is 0 Å². The average Bonchev–Trinajstić information content (AvgIpc) is 2.79. The van der Waals surface area contributed by atoms with Crippen molar-refractivity contribution in [2.45, 2.75) is 6.61 Å². The van der Waals surface area contributed by atoms with Crippen molar-refractivity contribution in [3.05, 3.63) is 86.8 Å². The van der Waals surface area contributed by atoms with E-state index in [-0.39, 0.29) is 5.91 Å². The highest BCUT2D eigenvalue weighted by atomic mass is 79.9. The van der Waals surface area contributed by atoms with Crippen LogP contribution in [0.25, 0.3) is 0 Å². The largest absolute Gasteiger partial charge is 0.493 e. The zero-order valence-electron chi connectivity index (χ0n) is 16.9. The summed E-state index contributed by atoms with van der Waals surface area (Å²) < 4.78 is 17.0. The number of amides is 1. The zero-order valence-corrected chi connectivity index (χ0v) is 19.2. The van der Waals surface area contributed by atoms with Crippen LogP contribution in [0.15, 0.2) is 70.2 Å². The molecule has 8 heteroatoms. The molecule has 0 heterocycles. The van der Waals surface area contributed by atoms with Crippen LogP contribution in [0.4, 0.5) is 0 Å². The average molecular weight is 504 g/mol. The molecule has 3 rings (SSSR count). The molecule has 0 fully saturated rings. The molecule has 160 valence electrons. The van der Waals surface area contributed by atoms with Crippen molar-refractivity contribution < 1.29 is 19.0 Å². The van der Waals surface area contributed by atoms with Crippen molar-refractivity contribution in [2.24, 2.45) is 5.10 Å². The molecule has 0 unspecified atom stereocenters. The maximum Gasteiger partial charge on any atom is 0.271 e. The molecule has 3 aromatic rings. The summed E-state index contributed by atoms with van der Waals surface area (Å²) in [5.74, 6) is 1.35. The van der Waals surface area contributed by atoms with E-state index in [4.69, 9.17) is 25.8 Å². The second-order valence-corrected chi connectivity index (χ2v) is 7.66. The molecule has 0 aliphatic heterocycles. The molecule has 0 saturated carbocycles. The monoisotopic (exact) mass is 502 g/mol. The number of nitrogens with one attached hydrogen (secondary N) is 1. The molecular formula is C23H20BrClN2O4. The molecule has 0 aromatic heterocycles. The van der Waals surface area contributed by atoms with Crippen LogP contribution >= 0.6 is 27.5 Å². The Morgan fingerprint density at radius 1 is 1.00 bits per heavy atom. The highest BCUT2D eigenvalue weighted by molar-refractivity contribution is 9.10. The summed E-state index contributed by atoms with van der Waals surface area (Å²) >= 11 is 9.39. The summed E-state index contributed by atoms with van der Waals surface area (Å²) in [6, 6.07) is 17.9. The summed E-state index contributed by atoms with van der Waals surface area (Å²) in [4.78, 5) is 12.3. The Hall–Kier alpha value is -3.03. The summed E-state index contributed by atoms with van der Waals surface area (Å²) in [6.07, 6.45) is 1.55. The first-order chi connectivity index (χ1) is 15.0. The minimum Gasteiger partial charge on any atom is -0.493 e. The number of ether oxygens (including phenoxy) is 3. The van der Waals surface area contributed by atoms with Crippen LogP contribution in [-0.4, -0.2) is 26.3 Å². The van der Waals surface area contributed by atoms with Crippen molar-refractivity contribution in [1.29, 1.82) is 0 Å². The van der Waals surface area contributed by atoms with E-state index >= 15 is 0 Å². The molecule has 31 heavy (non-hydrogen) atoms. The van der Waals surface area contributed by atoms with Crippen LogP contribution in [0.3, 0.4) is 0 Å². The van der Waals surface area contributed by atoms with Gasteiger partial charge >= 0.3 is 0 Å². The Bertz CT molecular complexity index is 1090. The van der Waals surface area contributed by atoms with E-state index in [9.17, 15) is 4.79 Å². The molecule has 0 radical (unpaired) electrons. The first kappa shape index (κ1) is 22.7. The second kappa shape index (κ2) is 10.8. The number of benzene rings is 3. The van der Waals surface area contributed by atoms with Gasteiger partial charge < -0.3 is 14.2 Å². The summed E-state index contributed by atoms with van der Waals surface area (Å²) in [7, 11) is 3.05. The standard InChI is InChI=1S/C23H20BrClN2O4/c1-29-21-10-6-17(12-22(21)30-2)23(28)27-26-13-16-5-9-20(19(24)11-16)31-14-15-3-7-18(25)8-4-15/h3-13H,14H2,1-2H3,(H,27,28)/b26-13+. The van der Waals surface area contributed by atoms with E-state index in [2.05, 4.69) is 26.5 Å². The van der Waals surface area contributed by atoms with Crippen LogP contribution in [0.1, 0.15) is 21.5 Å². The number of halogens is 2. The fourth-order valence-corrected chi connectivity index (χ4v) is 3.30. The summed E-state index contributed by atoms with van der Waals surface area (Å²) in [5, 5.41) is 4.70. The van der Waals surface area contributed by atoms with E-state index in [0.29, 0.717) is 34.4 Å². The van der Waals surface area contributed by atoms with Gasteiger partial charge in [-0.25, -0.2) is 5.43 Å². The Labute approximate surface area is 193 Å². The van der Waals surface area contributed by atoms with Gasteiger partial charge in [-0.1, -0.05) is 23.7 Å². The molecule has 3 aromatic carbocycles. The lowest BCUT2D eigenvalue weighted by Crippen LogP contribution is -2.17. The number of methoxy groups -OCH3 is 2. The lowest BCUT2D eigenvalue weighted by molar-refractivity contribution is 0.0954. The summed E-state index contributed by atoms with van der Waals surface area (Å²) in [6.45, 7) is 0.421. The van der Waals surface area contributed by atoms with Crippen LogP contribution in [0, 0.1) is 0 Å². The van der Waals surface area contributed by atoms with Gasteiger partial charge in [0.25, 0.3) is 5.91 Å². The van der Waals surface area contributed by atoms with Crippen LogP contribution in [0.2, 0.25) is 5.02 Å². The maximum atomic E-state index is 12.3. The lowest BCUT2D eigenvalue weighted by Gasteiger charge is -2.09. The van der Waals surface area contributed by atoms with Gasteiger partial charge in [0.05, 0.1) is 24.9 Å². The van der Waals surface area contributed by atoms with E-state index < -0.39 is 0 Å². The van der Waals surface area contributed by atoms with Gasteiger partial charge in [-0.05, 0) is 75.6 Å². The molecule has 0 saturated heterocycles. The molecule has 0 aliphatic rings. The summed E-state index contributed by atoms with van der Waals surface area (Å²) in [5.41, 5.74) is 4.71. The van der Waals surface area contributed by atoms with Crippen molar-refractivity contribution >= 4 is 39.7 Å². The number of hydrogen-bond donors (Lipinski definition) is 1. The van der Waals surface area contributed by atoms with Gasteiger partial charge in [0.1, 0.15) is 12.4 Å². The SMILES string of the molecule is COc1ccc(C(=O)N/N=C/c2ccc(OCc3ccc(Cl)cc3)c(Br)c2)cc1OC. The minimum atomic E-state index is -0.362. The van der Waals surface area contributed by atoms with E-state index in [1.54, 1.807) is 24.4 Å². The van der Waals surface area contributed by atoms with Gasteiger partial charge in [0.15, 0.2) is 11.5 Å². The third kappa shape index (κ3) is 6.23. The maximum absolute atomic E-state index is 12.3. The van der Waals surface area contributed by atoms with Gasteiger partial charge in [0, 0.05) is 10.6 Å². The van der Waals surface area contributed by atoms with Crippen LogP contribution < -0.4 is 19.6 Å². The normalized spacial score (nSPS) is 10.7. The molecule has 1 amide bonds. The van der Waals surface area contributed by atoms with E-state index in [1.807, 2.05) is 42.5 Å². The predicted octanol–water partition coefficient (Wildman–Crippen LogP) is 5.46. The number of carbonyl (C=O) groups is 1. The molecule has 6 nitrogen and oxygen atoms in total. The zero-order chi connectivity index (χ0) is 22.2. The highest BCUT2D eigenvalue weighted by Gasteiger charge is 2.10. The first-order valence-corrected chi connectivity index (χ1v) is 10.4. The van der Waals surface area contributed by atoms with Crippen molar-refractivity contribution in [3.8, 4) is 17.2 Å². The van der Waals surface area contributed by atoms with E-state index in [1.165, 1.54) is 14.2 Å². The fraction of sp³-hybridized carbons (Fsp3) is 0.130. The highest BCUT2D eigenvalue weighted by Crippen LogP contribution is 2.28. The second-order valence-electron chi connectivity index (χ2n) is 6.37. The molecule has 0 bridgehead atoms. The topological polar surface area (TPSA) is 69.2 Å². The lowest BCUT2D eigenvalue weighted by atomic mass is 10.2. The Kier molecular flexibility index (Phi) is 7.92. The Morgan fingerprint density at radius 2 is 1.71 bits per heavy atom. The van der Waals surface area contributed by atoms with Gasteiger partial charge in [-0.2, -0.15) is 5.10 Å². The molecule has 0 aliphatic carbocycles. The van der Waals surface area contributed by atoms with Crippen molar-refractivity contribution in [3.63, 3.8) is 0 Å². The third-order valence-corrected chi connectivity index (χ3v) is 5.16. The molecule has 0 spiro atoms. The van der Waals surface area contributed by atoms with Gasteiger partial charge in [0.2, 0.25) is 0 Å². The number of hydrazone groups is 1. The third-order valence-electron chi connectivity index (χ3n) is 4.29. The van der Waals surface area contributed by atoms with E-state index in [0.717, 1.165) is 15.6 Å². The number of rotatable bonds is 8. The predicted molar refractivity (Wildman–Crippen MR) is 125 cm³/mol. The minimum absolute atomic E-state index is 0.362. The molecular weight excluding hydrogens is 484 g/mol. The van der Waals surface area contributed by atoms with Crippen molar-refractivity contribution in [1.82, 2.24) is 5.43 Å². The van der Waals surface area contributed by atoms with Crippen LogP contribution in [0.5, 0.6) is 17.2 Å². The van der Waals surface area contributed by atoms with Crippen molar-refractivity contribution in [2.75, 3.05) is 14.2 Å². The quantitative estimate of drug-likeness (QED) is 0.327. The Balaban J connectivity index is 1.59. The van der Waals surface area contributed by atoms with Crippen LogP contribution in [-0.2, 0) is 6.61 Å². The smallest absolute Gasteiger partial charge is 0.271 e. The molecule has 1 N–H and O–H groups in total. The first-order valence-electron chi connectivity index (χ1n) is 9.22. The number of nitrogens with zero attached hydrogens (tertiary/aromatic N) is 1. The number of hydrogen-bond acceptors (Lipinski definition) is 5. The van der Waals surface area contributed by atoms with Gasteiger partial charge in [-0.3, -0.25) is 4.79 Å². The number of carbonyl (C=O) groups excluding carboxylic acids is 1. The fourth-order valence-electron chi connectivity index (χ4n) is 2.66.